The zero-order chi connectivity index (χ0) is 12.7. The number of carboxylic acids is 1. The van der Waals surface area contributed by atoms with Gasteiger partial charge in [-0.1, -0.05) is 0 Å². The molecule has 0 aromatic rings. The Morgan fingerprint density at radius 1 is 1.25 bits per heavy atom. The molecule has 0 rings (SSSR count). The molecule has 2 amide bonds. The molecule has 5 nitrogen and oxygen atoms in total. The third-order valence-corrected chi connectivity index (χ3v) is 1.95. The number of amides is 2. The Labute approximate surface area is 92.6 Å². The minimum Gasteiger partial charge on any atom is -0.481 e. The number of alkyl halides is 2. The lowest BCUT2D eigenvalue weighted by Gasteiger charge is -2.24. The van der Waals surface area contributed by atoms with E-state index in [9.17, 15) is 18.4 Å². The number of hydrogen-bond acceptors (Lipinski definition) is 2. The first kappa shape index (κ1) is 14.6. The Hall–Kier alpha value is -1.40. The van der Waals surface area contributed by atoms with Gasteiger partial charge in [0.1, 0.15) is 0 Å². The van der Waals surface area contributed by atoms with E-state index in [-0.39, 0.29) is 13.0 Å². The molecule has 7 heteroatoms. The van der Waals surface area contributed by atoms with Crippen LogP contribution in [0.15, 0.2) is 0 Å². The molecule has 94 valence electrons. The van der Waals surface area contributed by atoms with Gasteiger partial charge in [-0.2, -0.15) is 0 Å². The Kier molecular flexibility index (Phi) is 6.36. The van der Waals surface area contributed by atoms with Crippen LogP contribution in [0.1, 0.15) is 12.8 Å². The summed E-state index contributed by atoms with van der Waals surface area (Å²) in [5, 5.41) is 8.38. The highest BCUT2D eigenvalue weighted by molar-refractivity contribution is 5.74. The summed E-state index contributed by atoms with van der Waals surface area (Å²) in [6.07, 6.45) is -2.31. The predicted octanol–water partition coefficient (Wildman–Crippen LogP) is 1.10. The second kappa shape index (κ2) is 6.97. The third kappa shape index (κ3) is 6.15. The van der Waals surface area contributed by atoms with Gasteiger partial charge >= 0.3 is 12.0 Å². The zero-order valence-electron chi connectivity index (χ0n) is 9.32. The van der Waals surface area contributed by atoms with E-state index in [1.165, 1.54) is 19.0 Å². The fraction of sp³-hybridized carbons (Fsp3) is 0.778. The number of aliphatic carboxylic acids is 1. The number of carboxylic acid groups (broad SMARTS) is 1. The van der Waals surface area contributed by atoms with Crippen molar-refractivity contribution >= 4 is 12.0 Å². The van der Waals surface area contributed by atoms with E-state index in [4.69, 9.17) is 5.11 Å². The molecule has 0 aliphatic heterocycles. The van der Waals surface area contributed by atoms with Gasteiger partial charge in [-0.15, -0.1) is 0 Å². The fourth-order valence-corrected chi connectivity index (χ4v) is 1.14. The van der Waals surface area contributed by atoms with Crippen LogP contribution in [0.4, 0.5) is 13.6 Å². The van der Waals surface area contributed by atoms with Crippen molar-refractivity contribution in [3.8, 4) is 0 Å². The van der Waals surface area contributed by atoms with Gasteiger partial charge in [0.05, 0.1) is 6.54 Å². The number of halogens is 2. The first-order valence-electron chi connectivity index (χ1n) is 4.80. The summed E-state index contributed by atoms with van der Waals surface area (Å²) in [7, 11) is 2.73. The monoisotopic (exact) mass is 238 g/mol. The lowest BCUT2D eigenvalue weighted by atomic mass is 10.3. The Bertz CT molecular complexity index is 249. The maximum Gasteiger partial charge on any atom is 0.319 e. The highest BCUT2D eigenvalue weighted by Crippen LogP contribution is 2.01. The van der Waals surface area contributed by atoms with Crippen LogP contribution in [0.2, 0.25) is 0 Å². The normalized spacial score (nSPS) is 10.3. The number of carbonyl (C=O) groups excluding carboxylic acids is 1. The van der Waals surface area contributed by atoms with Gasteiger partial charge < -0.3 is 14.9 Å². The van der Waals surface area contributed by atoms with Crippen molar-refractivity contribution in [1.29, 1.82) is 0 Å². The van der Waals surface area contributed by atoms with Crippen molar-refractivity contribution in [2.75, 3.05) is 27.2 Å². The largest absolute Gasteiger partial charge is 0.481 e. The van der Waals surface area contributed by atoms with E-state index in [0.29, 0.717) is 6.42 Å². The summed E-state index contributed by atoms with van der Waals surface area (Å²) < 4.78 is 24.0. The number of hydrogen-bond donors (Lipinski definition) is 1. The average Bonchev–Trinajstić information content (AvgIpc) is 2.14. The van der Waals surface area contributed by atoms with Crippen LogP contribution in [-0.4, -0.2) is 60.5 Å². The number of nitrogens with zero attached hydrogens (tertiary/aromatic N) is 2. The quantitative estimate of drug-likeness (QED) is 0.753. The molecule has 0 saturated heterocycles. The maximum atomic E-state index is 12.0. The van der Waals surface area contributed by atoms with Gasteiger partial charge in [-0.05, 0) is 6.42 Å². The lowest BCUT2D eigenvalue weighted by Crippen LogP contribution is -2.41. The van der Waals surface area contributed by atoms with Crippen LogP contribution in [0.3, 0.4) is 0 Å². The van der Waals surface area contributed by atoms with Crippen molar-refractivity contribution in [1.82, 2.24) is 9.80 Å². The van der Waals surface area contributed by atoms with Crippen molar-refractivity contribution in [2.24, 2.45) is 0 Å². The van der Waals surface area contributed by atoms with Crippen LogP contribution in [-0.2, 0) is 4.79 Å². The summed E-state index contributed by atoms with van der Waals surface area (Å²) in [4.78, 5) is 23.8. The molecule has 0 bridgehead atoms. The van der Waals surface area contributed by atoms with Crippen molar-refractivity contribution in [3.05, 3.63) is 0 Å². The van der Waals surface area contributed by atoms with Crippen LogP contribution in [0.5, 0.6) is 0 Å². The maximum absolute atomic E-state index is 12.0. The lowest BCUT2D eigenvalue weighted by molar-refractivity contribution is -0.137. The van der Waals surface area contributed by atoms with E-state index in [2.05, 4.69) is 0 Å². The first-order valence-corrected chi connectivity index (χ1v) is 4.80. The smallest absolute Gasteiger partial charge is 0.319 e. The number of carbonyl (C=O) groups is 2. The van der Waals surface area contributed by atoms with Crippen molar-refractivity contribution in [2.45, 2.75) is 19.3 Å². The minimum atomic E-state index is -2.57. The van der Waals surface area contributed by atoms with Gasteiger partial charge in [-0.25, -0.2) is 13.6 Å². The van der Waals surface area contributed by atoms with E-state index >= 15 is 0 Å². The molecule has 0 aromatic heterocycles. The molecule has 0 radical (unpaired) electrons. The molecule has 0 aromatic carbocycles. The molecule has 0 aliphatic carbocycles. The van der Waals surface area contributed by atoms with Gasteiger partial charge in [0.25, 0.3) is 6.43 Å². The molecule has 0 fully saturated rings. The van der Waals surface area contributed by atoms with Gasteiger partial charge in [0.15, 0.2) is 0 Å². The molecule has 0 heterocycles. The molecule has 1 N–H and O–H groups in total. The highest BCUT2D eigenvalue weighted by atomic mass is 19.3. The van der Waals surface area contributed by atoms with Crippen molar-refractivity contribution in [3.63, 3.8) is 0 Å². The molecular weight excluding hydrogens is 222 g/mol. The van der Waals surface area contributed by atoms with Crippen LogP contribution in [0, 0.1) is 0 Å². The van der Waals surface area contributed by atoms with E-state index in [1.54, 1.807) is 0 Å². The second-order valence-electron chi connectivity index (χ2n) is 3.47. The van der Waals surface area contributed by atoms with Crippen LogP contribution in [0.25, 0.3) is 0 Å². The molecule has 0 spiro atoms. The minimum absolute atomic E-state index is 0.0455. The van der Waals surface area contributed by atoms with E-state index in [1.807, 2.05) is 0 Å². The molecule has 16 heavy (non-hydrogen) atoms. The molecule has 0 atom stereocenters. The SMILES string of the molecule is CN(CCCC(=O)O)C(=O)N(C)CC(F)F. The first-order chi connectivity index (χ1) is 7.34. The van der Waals surface area contributed by atoms with Gasteiger partial charge in [0, 0.05) is 27.1 Å². The number of urea groups is 1. The zero-order valence-corrected chi connectivity index (χ0v) is 9.32. The fourth-order valence-electron chi connectivity index (χ4n) is 1.14. The molecule has 0 aliphatic rings. The Morgan fingerprint density at radius 2 is 1.81 bits per heavy atom. The van der Waals surface area contributed by atoms with Gasteiger partial charge in [0.2, 0.25) is 0 Å². The standard InChI is InChI=1S/C9H16F2N2O3/c1-12(5-3-4-8(14)15)9(16)13(2)6-7(10)11/h7H,3-6H2,1-2H3,(H,14,15). The summed E-state index contributed by atoms with van der Waals surface area (Å²) in [5.74, 6) is -0.943. The molecule has 0 saturated carbocycles. The third-order valence-electron chi connectivity index (χ3n) is 1.95. The average molecular weight is 238 g/mol. The Morgan fingerprint density at radius 3 is 2.25 bits per heavy atom. The van der Waals surface area contributed by atoms with Gasteiger partial charge in [-0.3, -0.25) is 4.79 Å². The summed E-state index contributed by atoms with van der Waals surface area (Å²) in [6.45, 7) is -0.388. The summed E-state index contributed by atoms with van der Waals surface area (Å²) in [5.41, 5.74) is 0. The van der Waals surface area contributed by atoms with Crippen LogP contribution >= 0.6 is 0 Å². The summed E-state index contributed by atoms with van der Waals surface area (Å²) >= 11 is 0. The Balaban J connectivity index is 3.93. The summed E-state index contributed by atoms with van der Waals surface area (Å²) in [6, 6.07) is -0.536. The van der Waals surface area contributed by atoms with E-state index in [0.717, 1.165) is 4.90 Å². The van der Waals surface area contributed by atoms with Crippen molar-refractivity contribution < 1.29 is 23.5 Å². The molecule has 0 unspecified atom stereocenters. The predicted molar refractivity (Wildman–Crippen MR) is 53.5 cm³/mol. The highest BCUT2D eigenvalue weighted by Gasteiger charge is 2.17. The number of rotatable bonds is 6. The molecular formula is C9H16F2N2O3. The second-order valence-corrected chi connectivity index (χ2v) is 3.47. The van der Waals surface area contributed by atoms with E-state index < -0.39 is 25.0 Å². The topological polar surface area (TPSA) is 60.9 Å². The van der Waals surface area contributed by atoms with Crippen LogP contribution < -0.4 is 0 Å².